The lowest BCUT2D eigenvalue weighted by atomic mass is 9.90. The number of carbonyl (C=O) groups excluding carboxylic acids is 1. The van der Waals surface area contributed by atoms with Gasteiger partial charge in [0.05, 0.1) is 0 Å². The predicted molar refractivity (Wildman–Crippen MR) is 78.4 cm³/mol. The molecular formula is C16H27N3O. The molecule has 2 aliphatic heterocycles. The van der Waals surface area contributed by atoms with Gasteiger partial charge in [-0.25, -0.2) is 0 Å². The van der Waals surface area contributed by atoms with Crippen molar-refractivity contribution < 1.29 is 4.79 Å². The largest absolute Gasteiger partial charge is 0.340 e. The highest BCUT2D eigenvalue weighted by molar-refractivity contribution is 5.83. The lowest BCUT2D eigenvalue weighted by Crippen LogP contribution is -2.54. The van der Waals surface area contributed by atoms with Crippen LogP contribution in [0.1, 0.15) is 38.5 Å². The average Bonchev–Trinajstić information content (AvgIpc) is 3.11. The third kappa shape index (κ3) is 2.17. The molecule has 2 aliphatic carbocycles. The summed E-state index contributed by atoms with van der Waals surface area (Å²) in [6.45, 7) is 6.38. The molecule has 0 aromatic rings. The van der Waals surface area contributed by atoms with Crippen molar-refractivity contribution in [3.05, 3.63) is 0 Å². The monoisotopic (exact) mass is 277 g/mol. The van der Waals surface area contributed by atoms with Gasteiger partial charge in [-0.1, -0.05) is 6.42 Å². The van der Waals surface area contributed by atoms with Crippen LogP contribution in [-0.4, -0.2) is 61.0 Å². The molecule has 112 valence electrons. The van der Waals surface area contributed by atoms with Gasteiger partial charge in [0.1, 0.15) is 0 Å². The van der Waals surface area contributed by atoms with E-state index in [-0.39, 0.29) is 0 Å². The first-order valence-corrected chi connectivity index (χ1v) is 8.52. The summed E-state index contributed by atoms with van der Waals surface area (Å²) in [5, 5.41) is 3.42. The van der Waals surface area contributed by atoms with Crippen molar-refractivity contribution in [2.75, 3.05) is 39.3 Å². The van der Waals surface area contributed by atoms with Gasteiger partial charge in [-0.3, -0.25) is 9.69 Å². The number of piperazine rings is 1. The molecule has 2 heterocycles. The van der Waals surface area contributed by atoms with Crippen LogP contribution in [0.25, 0.3) is 0 Å². The van der Waals surface area contributed by atoms with Crippen molar-refractivity contribution >= 4 is 5.91 Å². The summed E-state index contributed by atoms with van der Waals surface area (Å²) in [4.78, 5) is 17.5. The molecule has 1 amide bonds. The van der Waals surface area contributed by atoms with Gasteiger partial charge in [0, 0.05) is 38.1 Å². The van der Waals surface area contributed by atoms with Crippen molar-refractivity contribution in [3.63, 3.8) is 0 Å². The Hall–Kier alpha value is -0.610. The smallest absolute Gasteiger partial charge is 0.226 e. The van der Waals surface area contributed by atoms with Gasteiger partial charge in [-0.2, -0.15) is 0 Å². The second kappa shape index (κ2) is 4.99. The van der Waals surface area contributed by atoms with Crippen LogP contribution in [0.4, 0.5) is 0 Å². The summed E-state index contributed by atoms with van der Waals surface area (Å²) < 4.78 is 0. The van der Waals surface area contributed by atoms with Gasteiger partial charge < -0.3 is 10.2 Å². The standard InChI is InChI=1S/C16H27N3O/c20-15(14-12-16(14)4-6-17-7-5-16)19-10-8-18(9-11-19)13-2-1-3-13/h13-14,17H,1-12H2. The molecule has 1 spiro atoms. The highest BCUT2D eigenvalue weighted by atomic mass is 16.2. The zero-order valence-corrected chi connectivity index (χ0v) is 12.4. The molecule has 2 saturated heterocycles. The SMILES string of the molecule is O=C(C1CC12CCNCC2)N1CCN(C2CCC2)CC1. The Kier molecular flexibility index (Phi) is 3.26. The minimum absolute atomic E-state index is 0.361. The van der Waals surface area contributed by atoms with Crippen molar-refractivity contribution in [1.82, 2.24) is 15.1 Å². The zero-order chi connectivity index (χ0) is 13.6. The molecule has 1 atom stereocenters. The molecular weight excluding hydrogens is 250 g/mol. The molecule has 4 fully saturated rings. The zero-order valence-electron chi connectivity index (χ0n) is 12.4. The van der Waals surface area contributed by atoms with Crippen LogP contribution < -0.4 is 5.32 Å². The fraction of sp³-hybridized carbons (Fsp3) is 0.938. The minimum atomic E-state index is 0.361. The molecule has 0 radical (unpaired) electrons. The summed E-state index contributed by atoms with van der Waals surface area (Å²) in [6.07, 6.45) is 7.76. The van der Waals surface area contributed by atoms with Crippen LogP contribution in [0.2, 0.25) is 0 Å². The Bertz CT molecular complexity index is 379. The quantitative estimate of drug-likeness (QED) is 0.820. The van der Waals surface area contributed by atoms with E-state index in [1.54, 1.807) is 0 Å². The van der Waals surface area contributed by atoms with E-state index in [1.165, 1.54) is 32.1 Å². The second-order valence-electron chi connectivity index (χ2n) is 7.32. The highest BCUT2D eigenvalue weighted by Gasteiger charge is 2.58. The molecule has 4 nitrogen and oxygen atoms in total. The summed E-state index contributed by atoms with van der Waals surface area (Å²) >= 11 is 0. The van der Waals surface area contributed by atoms with E-state index in [4.69, 9.17) is 0 Å². The normalized spacial score (nSPS) is 34.0. The molecule has 0 aromatic heterocycles. The van der Waals surface area contributed by atoms with E-state index < -0.39 is 0 Å². The third-order valence-electron chi connectivity index (χ3n) is 6.30. The Morgan fingerprint density at radius 2 is 1.75 bits per heavy atom. The summed E-state index contributed by atoms with van der Waals surface area (Å²) in [5.41, 5.74) is 0.396. The topological polar surface area (TPSA) is 35.6 Å². The third-order valence-corrected chi connectivity index (χ3v) is 6.30. The van der Waals surface area contributed by atoms with Crippen LogP contribution >= 0.6 is 0 Å². The minimum Gasteiger partial charge on any atom is -0.340 e. The molecule has 2 saturated carbocycles. The van der Waals surface area contributed by atoms with Gasteiger partial charge in [-0.15, -0.1) is 0 Å². The highest BCUT2D eigenvalue weighted by Crippen LogP contribution is 2.59. The van der Waals surface area contributed by atoms with Gasteiger partial charge in [-0.05, 0) is 50.6 Å². The van der Waals surface area contributed by atoms with Crippen LogP contribution in [0, 0.1) is 11.3 Å². The molecule has 0 bridgehead atoms. The lowest BCUT2D eigenvalue weighted by Gasteiger charge is -2.43. The fourth-order valence-corrected chi connectivity index (χ4v) is 4.45. The van der Waals surface area contributed by atoms with E-state index in [1.807, 2.05) is 0 Å². The molecule has 0 aromatic carbocycles. The molecule has 4 aliphatic rings. The number of piperidine rings is 1. The van der Waals surface area contributed by atoms with Gasteiger partial charge >= 0.3 is 0 Å². The van der Waals surface area contributed by atoms with Crippen LogP contribution in [0.5, 0.6) is 0 Å². The summed E-state index contributed by atoms with van der Waals surface area (Å²) in [7, 11) is 0. The molecule has 1 N–H and O–H groups in total. The van der Waals surface area contributed by atoms with Gasteiger partial charge in [0.2, 0.25) is 5.91 Å². The number of nitrogens with one attached hydrogen (secondary N) is 1. The summed E-state index contributed by atoms with van der Waals surface area (Å²) in [5.74, 6) is 0.833. The number of nitrogens with zero attached hydrogens (tertiary/aromatic N) is 2. The van der Waals surface area contributed by atoms with Crippen LogP contribution in [0.15, 0.2) is 0 Å². The van der Waals surface area contributed by atoms with E-state index in [0.717, 1.165) is 51.7 Å². The van der Waals surface area contributed by atoms with E-state index in [2.05, 4.69) is 15.1 Å². The Balaban J connectivity index is 1.30. The average molecular weight is 277 g/mol. The molecule has 4 heteroatoms. The van der Waals surface area contributed by atoms with Crippen molar-refractivity contribution in [2.45, 2.75) is 44.6 Å². The first kappa shape index (κ1) is 13.1. The Morgan fingerprint density at radius 1 is 1.05 bits per heavy atom. The second-order valence-corrected chi connectivity index (χ2v) is 7.32. The molecule has 20 heavy (non-hydrogen) atoms. The predicted octanol–water partition coefficient (Wildman–Crippen LogP) is 1.07. The lowest BCUT2D eigenvalue weighted by molar-refractivity contribution is -0.136. The van der Waals surface area contributed by atoms with E-state index >= 15 is 0 Å². The molecule has 1 unspecified atom stereocenters. The fourth-order valence-electron chi connectivity index (χ4n) is 4.45. The van der Waals surface area contributed by atoms with Gasteiger partial charge in [0.15, 0.2) is 0 Å². The van der Waals surface area contributed by atoms with Crippen molar-refractivity contribution in [1.29, 1.82) is 0 Å². The number of amides is 1. The maximum Gasteiger partial charge on any atom is 0.226 e. The number of rotatable bonds is 2. The Labute approximate surface area is 121 Å². The van der Waals surface area contributed by atoms with Crippen LogP contribution in [0.3, 0.4) is 0 Å². The van der Waals surface area contributed by atoms with Crippen molar-refractivity contribution in [3.8, 4) is 0 Å². The molecule has 4 rings (SSSR count). The van der Waals surface area contributed by atoms with Crippen molar-refractivity contribution in [2.24, 2.45) is 11.3 Å². The van der Waals surface area contributed by atoms with Crippen LogP contribution in [-0.2, 0) is 4.79 Å². The summed E-state index contributed by atoms with van der Waals surface area (Å²) in [6, 6.07) is 0.837. The van der Waals surface area contributed by atoms with E-state index in [0.29, 0.717) is 17.2 Å². The maximum atomic E-state index is 12.7. The number of hydrogen-bond donors (Lipinski definition) is 1. The maximum absolute atomic E-state index is 12.7. The van der Waals surface area contributed by atoms with E-state index in [9.17, 15) is 4.79 Å². The first-order valence-electron chi connectivity index (χ1n) is 8.52. The number of carbonyl (C=O) groups is 1. The Morgan fingerprint density at radius 3 is 2.35 bits per heavy atom. The first-order chi connectivity index (χ1) is 9.78. The van der Waals surface area contributed by atoms with Gasteiger partial charge in [0.25, 0.3) is 0 Å². The number of hydrogen-bond acceptors (Lipinski definition) is 3.